The molecule has 0 bridgehead atoms. The summed E-state index contributed by atoms with van der Waals surface area (Å²) in [4.78, 5) is 60.0. The number of carbonyl (C=O) groups excluding carboxylic acids is 5. The van der Waals surface area contributed by atoms with Crippen molar-refractivity contribution in [3.63, 3.8) is 0 Å². The van der Waals surface area contributed by atoms with Gasteiger partial charge in [-0.25, -0.2) is 0 Å². The average Bonchev–Trinajstić information content (AvgIpc) is 2.61. The highest BCUT2D eigenvalue weighted by molar-refractivity contribution is 5.90. The van der Waals surface area contributed by atoms with Crippen molar-refractivity contribution in [2.24, 2.45) is 11.8 Å². The van der Waals surface area contributed by atoms with Crippen molar-refractivity contribution in [2.75, 3.05) is 26.4 Å². The average molecular weight is 402 g/mol. The highest BCUT2D eigenvalue weighted by Gasteiger charge is 2.31. The largest absolute Gasteiger partial charge is 0.466 e. The van der Waals surface area contributed by atoms with E-state index in [1.54, 1.807) is 27.7 Å². The molecule has 0 fully saturated rings. The van der Waals surface area contributed by atoms with Gasteiger partial charge in [0.25, 0.3) is 0 Å². The predicted octanol–water partition coefficient (Wildman–Crippen LogP) is 1.60. The molecule has 0 aliphatic carbocycles. The van der Waals surface area contributed by atoms with Gasteiger partial charge in [-0.15, -0.1) is 0 Å². The van der Waals surface area contributed by atoms with E-state index in [0.717, 1.165) is 0 Å². The zero-order valence-corrected chi connectivity index (χ0v) is 17.0. The lowest BCUT2D eigenvalue weighted by atomic mass is 9.92. The van der Waals surface area contributed by atoms with Crippen LogP contribution in [0.5, 0.6) is 0 Å². The first-order valence-electron chi connectivity index (χ1n) is 9.44. The van der Waals surface area contributed by atoms with Crippen molar-refractivity contribution in [2.45, 2.75) is 53.4 Å². The molecule has 0 N–H and O–H groups in total. The lowest BCUT2D eigenvalue weighted by Crippen LogP contribution is -2.28. The van der Waals surface area contributed by atoms with Crippen LogP contribution in [0.25, 0.3) is 0 Å². The number of ketones is 1. The van der Waals surface area contributed by atoms with Crippen LogP contribution < -0.4 is 0 Å². The Labute approximate surface area is 165 Å². The maximum atomic E-state index is 12.4. The summed E-state index contributed by atoms with van der Waals surface area (Å²) in [6.45, 7) is 6.96. The van der Waals surface area contributed by atoms with Crippen LogP contribution in [0.1, 0.15) is 53.4 Å². The monoisotopic (exact) mass is 402 g/mol. The second kappa shape index (κ2) is 14.6. The van der Waals surface area contributed by atoms with E-state index in [-0.39, 0.29) is 52.1 Å². The van der Waals surface area contributed by atoms with E-state index < -0.39 is 41.5 Å². The lowest BCUT2D eigenvalue weighted by Gasteiger charge is -2.17. The van der Waals surface area contributed by atoms with Gasteiger partial charge in [0, 0.05) is 12.8 Å². The normalized spacial score (nSPS) is 12.4. The first-order chi connectivity index (χ1) is 13.3. The summed E-state index contributed by atoms with van der Waals surface area (Å²) in [7, 11) is 0. The SMILES string of the molecule is CCOC(=O)CC(CC(=O)CC(CC(=O)OCC)C(=O)OCC)C(=O)OCC. The second-order valence-electron chi connectivity index (χ2n) is 5.86. The highest BCUT2D eigenvalue weighted by Crippen LogP contribution is 2.19. The number of hydrogen-bond acceptors (Lipinski definition) is 9. The van der Waals surface area contributed by atoms with Gasteiger partial charge in [-0.05, 0) is 27.7 Å². The zero-order chi connectivity index (χ0) is 21.5. The molecule has 0 aromatic carbocycles. The van der Waals surface area contributed by atoms with Gasteiger partial charge < -0.3 is 18.9 Å². The lowest BCUT2D eigenvalue weighted by molar-refractivity contribution is -0.157. The molecular weight excluding hydrogens is 372 g/mol. The minimum Gasteiger partial charge on any atom is -0.466 e. The first kappa shape index (κ1) is 25.6. The van der Waals surface area contributed by atoms with E-state index in [2.05, 4.69) is 0 Å². The van der Waals surface area contributed by atoms with Crippen molar-refractivity contribution in [3.05, 3.63) is 0 Å². The van der Waals surface area contributed by atoms with E-state index >= 15 is 0 Å². The smallest absolute Gasteiger partial charge is 0.309 e. The Kier molecular flexibility index (Phi) is 13.3. The number of carbonyl (C=O) groups is 5. The van der Waals surface area contributed by atoms with E-state index in [1.165, 1.54) is 0 Å². The molecule has 28 heavy (non-hydrogen) atoms. The number of hydrogen-bond donors (Lipinski definition) is 0. The van der Waals surface area contributed by atoms with E-state index in [1.807, 2.05) is 0 Å². The van der Waals surface area contributed by atoms with Gasteiger partial charge >= 0.3 is 23.9 Å². The van der Waals surface area contributed by atoms with Crippen LogP contribution in [0.3, 0.4) is 0 Å². The van der Waals surface area contributed by atoms with Gasteiger partial charge in [0.15, 0.2) is 0 Å². The first-order valence-corrected chi connectivity index (χ1v) is 9.44. The molecule has 9 nitrogen and oxygen atoms in total. The molecule has 0 heterocycles. The quantitative estimate of drug-likeness (QED) is 0.315. The third-order valence-electron chi connectivity index (χ3n) is 3.62. The van der Waals surface area contributed by atoms with Crippen LogP contribution in [-0.4, -0.2) is 56.1 Å². The molecule has 0 saturated carbocycles. The number of esters is 4. The molecular formula is C19H30O9. The van der Waals surface area contributed by atoms with E-state index in [9.17, 15) is 24.0 Å². The van der Waals surface area contributed by atoms with Crippen molar-refractivity contribution in [1.82, 2.24) is 0 Å². The van der Waals surface area contributed by atoms with Crippen molar-refractivity contribution < 1.29 is 42.9 Å². The zero-order valence-electron chi connectivity index (χ0n) is 17.0. The third kappa shape index (κ3) is 10.6. The Balaban J connectivity index is 5.10. The molecule has 0 saturated heterocycles. The molecule has 0 spiro atoms. The minimum atomic E-state index is -1.02. The maximum Gasteiger partial charge on any atom is 0.309 e. The van der Waals surface area contributed by atoms with Crippen molar-refractivity contribution in [1.29, 1.82) is 0 Å². The summed E-state index contributed by atoms with van der Waals surface area (Å²) in [6, 6.07) is 0. The Morgan fingerprint density at radius 1 is 0.536 bits per heavy atom. The number of ether oxygens (including phenoxy) is 4. The molecule has 9 heteroatoms. The van der Waals surface area contributed by atoms with Gasteiger partial charge in [0.2, 0.25) is 0 Å². The number of rotatable bonds is 14. The van der Waals surface area contributed by atoms with Gasteiger partial charge in [0.1, 0.15) is 5.78 Å². The Hall–Kier alpha value is -2.45. The van der Waals surface area contributed by atoms with Gasteiger partial charge in [-0.1, -0.05) is 0 Å². The van der Waals surface area contributed by atoms with Crippen molar-refractivity contribution in [3.8, 4) is 0 Å². The van der Waals surface area contributed by atoms with Gasteiger partial charge in [-0.3, -0.25) is 24.0 Å². The van der Waals surface area contributed by atoms with E-state index in [4.69, 9.17) is 18.9 Å². The summed E-state index contributed by atoms with van der Waals surface area (Å²) in [5.41, 5.74) is 0. The topological polar surface area (TPSA) is 122 Å². The summed E-state index contributed by atoms with van der Waals surface area (Å²) < 4.78 is 19.5. The summed E-state index contributed by atoms with van der Waals surface area (Å²) in [5.74, 6) is -5.13. The molecule has 0 aliphatic rings. The minimum absolute atomic E-state index is 0.0979. The Morgan fingerprint density at radius 2 is 0.857 bits per heavy atom. The Morgan fingerprint density at radius 3 is 1.14 bits per heavy atom. The molecule has 2 atom stereocenters. The van der Waals surface area contributed by atoms with Crippen LogP contribution in [0.15, 0.2) is 0 Å². The fraction of sp³-hybridized carbons (Fsp3) is 0.737. The molecule has 2 unspecified atom stereocenters. The van der Waals surface area contributed by atoms with Crippen LogP contribution in [0, 0.1) is 11.8 Å². The fourth-order valence-corrected chi connectivity index (χ4v) is 2.47. The van der Waals surface area contributed by atoms with E-state index in [0.29, 0.717) is 0 Å². The molecule has 0 aliphatic heterocycles. The molecule has 0 radical (unpaired) electrons. The summed E-state index contributed by atoms with van der Waals surface area (Å²) >= 11 is 0. The number of Topliss-reactive ketones (excluding diaryl/α,β-unsaturated/α-hetero) is 1. The van der Waals surface area contributed by atoms with Gasteiger partial charge in [-0.2, -0.15) is 0 Å². The molecule has 0 rings (SSSR count). The molecule has 0 amide bonds. The fourth-order valence-electron chi connectivity index (χ4n) is 2.47. The standard InChI is InChI=1S/C19H30O9/c1-5-25-16(21)11-13(18(23)27-7-3)9-15(20)10-14(19(24)28-8-4)12-17(22)26-6-2/h13-14H,5-12H2,1-4H3. The van der Waals surface area contributed by atoms with Crippen LogP contribution in [0.4, 0.5) is 0 Å². The Bertz CT molecular complexity index is 496. The maximum absolute atomic E-state index is 12.4. The van der Waals surface area contributed by atoms with Crippen LogP contribution in [-0.2, 0) is 42.9 Å². The van der Waals surface area contributed by atoms with Crippen LogP contribution in [0.2, 0.25) is 0 Å². The summed E-state index contributed by atoms with van der Waals surface area (Å²) in [5, 5.41) is 0. The molecule has 160 valence electrons. The third-order valence-corrected chi connectivity index (χ3v) is 3.62. The van der Waals surface area contributed by atoms with Gasteiger partial charge in [0.05, 0.1) is 51.1 Å². The molecule has 0 aromatic heterocycles. The summed E-state index contributed by atoms with van der Waals surface area (Å²) in [6.07, 6.45) is -1.23. The highest BCUT2D eigenvalue weighted by atomic mass is 16.5. The molecule has 0 aromatic rings. The van der Waals surface area contributed by atoms with Crippen molar-refractivity contribution >= 4 is 29.7 Å². The van der Waals surface area contributed by atoms with Crippen LogP contribution >= 0.6 is 0 Å². The predicted molar refractivity (Wildman–Crippen MR) is 97.0 cm³/mol. The second-order valence-corrected chi connectivity index (χ2v) is 5.86.